The van der Waals surface area contributed by atoms with Crippen molar-refractivity contribution in [3.8, 4) is 90.3 Å². The average molecular weight is 1250 g/mol. The lowest BCUT2D eigenvalue weighted by molar-refractivity contribution is -0.658. The zero-order valence-corrected chi connectivity index (χ0v) is 55.1. The molecule has 0 atom stereocenters. The molecule has 0 aliphatic carbocycles. The number of fused-ring (bicyclic) bond motifs is 4. The fourth-order valence-electron chi connectivity index (χ4n) is 13.0. The molecule has 0 spiro atoms. The first kappa shape index (κ1) is 62.5. The largest absolute Gasteiger partial charge is 0.261 e. The topological polar surface area (TPSA) is 119 Å². The van der Waals surface area contributed by atoms with E-state index in [2.05, 4.69) is 339 Å². The van der Waals surface area contributed by atoms with E-state index >= 15 is 0 Å². The van der Waals surface area contributed by atoms with Gasteiger partial charge in [-0.05, 0) is 117 Å². The molecule has 0 aliphatic heterocycles. The first-order valence-electron chi connectivity index (χ1n) is 32.0. The van der Waals surface area contributed by atoms with E-state index in [-0.39, 0.29) is 0 Å². The molecule has 0 fully saturated rings. The Bertz CT molecular complexity index is 4780. The zero-order chi connectivity index (χ0) is 66.1. The van der Waals surface area contributed by atoms with Gasteiger partial charge in [-0.2, -0.15) is 18.3 Å². The Kier molecular flexibility index (Phi) is 18.4. The first-order chi connectivity index (χ1) is 47.0. The minimum absolute atomic E-state index is 0.688. The lowest BCUT2D eigenvalue weighted by Gasteiger charge is -2.11. The number of hydrogen-bond donors (Lipinski definition) is 0. The van der Waals surface area contributed by atoms with Crippen molar-refractivity contribution in [2.24, 2.45) is 28.2 Å². The summed E-state index contributed by atoms with van der Waals surface area (Å²) in [6.45, 7) is 8.61. The second-order valence-electron chi connectivity index (χ2n) is 23.8. The van der Waals surface area contributed by atoms with E-state index in [1.807, 2.05) is 30.6 Å². The predicted molar refractivity (Wildman–Crippen MR) is 385 cm³/mol. The van der Waals surface area contributed by atoms with Gasteiger partial charge in [0.1, 0.15) is 40.8 Å². The highest BCUT2D eigenvalue weighted by atomic mass is 15.0. The van der Waals surface area contributed by atoms with Gasteiger partial charge >= 0.3 is 0 Å². The Morgan fingerprint density at radius 2 is 0.531 bits per heavy atom. The van der Waals surface area contributed by atoms with Crippen molar-refractivity contribution in [1.29, 1.82) is 0 Å². The van der Waals surface area contributed by atoms with Gasteiger partial charge in [-0.3, -0.25) is 15.0 Å². The Hall–Kier alpha value is -12.3. The third kappa shape index (κ3) is 12.8. The summed E-state index contributed by atoms with van der Waals surface area (Å²) in [5.74, 6) is 1.44. The van der Waals surface area contributed by atoms with Gasteiger partial charge in [-0.25, -0.2) is 24.9 Å². The van der Waals surface area contributed by atoms with E-state index in [4.69, 9.17) is 0 Å². The van der Waals surface area contributed by atoms with Gasteiger partial charge in [0.25, 0.3) is 0 Å². The summed E-state index contributed by atoms with van der Waals surface area (Å²) < 4.78 is 8.74. The molecule has 0 amide bonds. The Morgan fingerprint density at radius 1 is 0.229 bits per heavy atom. The van der Waals surface area contributed by atoms with Crippen molar-refractivity contribution in [1.82, 2.24) is 39.9 Å². The number of pyridine rings is 5. The molecular weight excluding hydrogens is 1180 g/mol. The molecule has 8 heterocycles. The first-order valence-corrected chi connectivity index (χ1v) is 32.0. The number of hydrogen-bond acceptors (Lipinski definition) is 8. The fraction of sp³-hybridized carbons (Fsp3) is 0.0952. The maximum absolute atomic E-state index is 4.55. The molecule has 12 nitrogen and oxygen atoms in total. The molecule has 0 N–H and O–H groups in total. The summed E-state index contributed by atoms with van der Waals surface area (Å²) in [5, 5.41) is 9.59. The molecule has 464 valence electrons. The van der Waals surface area contributed by atoms with Crippen LogP contribution >= 0.6 is 0 Å². The minimum Gasteiger partial charge on any atom is -0.261 e. The van der Waals surface area contributed by atoms with E-state index in [1.54, 1.807) is 24.8 Å². The van der Waals surface area contributed by atoms with Gasteiger partial charge < -0.3 is 0 Å². The monoisotopic (exact) mass is 1250 g/mol. The van der Waals surface area contributed by atoms with Crippen LogP contribution in [0.3, 0.4) is 0 Å². The Labute approximate surface area is 559 Å². The van der Waals surface area contributed by atoms with Crippen LogP contribution in [0.2, 0.25) is 0 Å². The van der Waals surface area contributed by atoms with Gasteiger partial charge in [0.15, 0.2) is 36.4 Å². The zero-order valence-electron chi connectivity index (χ0n) is 55.1. The van der Waals surface area contributed by atoms with Gasteiger partial charge in [-0.15, -0.1) is 0 Å². The maximum atomic E-state index is 4.55. The van der Waals surface area contributed by atoms with Crippen molar-refractivity contribution < 1.29 is 18.3 Å². The second-order valence-corrected chi connectivity index (χ2v) is 23.8. The molecule has 0 radical (unpaired) electrons. The van der Waals surface area contributed by atoms with Crippen LogP contribution in [-0.2, 0) is 28.2 Å². The van der Waals surface area contributed by atoms with Crippen LogP contribution in [-0.4, -0.2) is 39.9 Å². The molecule has 12 heteroatoms. The molecule has 0 saturated heterocycles. The third-order valence-corrected chi connectivity index (χ3v) is 17.5. The van der Waals surface area contributed by atoms with Crippen molar-refractivity contribution in [2.75, 3.05) is 0 Å². The van der Waals surface area contributed by atoms with E-state index < -0.39 is 0 Å². The van der Waals surface area contributed by atoms with E-state index in [9.17, 15) is 0 Å². The smallest absolute Gasteiger partial charge is 0.220 e. The van der Waals surface area contributed by atoms with Gasteiger partial charge in [0.05, 0.1) is 61.4 Å². The second kappa shape index (κ2) is 28.3. The van der Waals surface area contributed by atoms with Crippen LogP contribution in [0.4, 0.5) is 0 Å². The van der Waals surface area contributed by atoms with Gasteiger partial charge in [0.2, 0.25) is 22.8 Å². The highest BCUT2D eigenvalue weighted by Crippen LogP contribution is 2.37. The van der Waals surface area contributed by atoms with Crippen LogP contribution in [0.1, 0.15) is 22.3 Å². The summed E-state index contributed by atoms with van der Waals surface area (Å²) in [5.41, 5.74) is 21.1. The van der Waals surface area contributed by atoms with Crippen molar-refractivity contribution in [2.45, 2.75) is 27.7 Å². The molecule has 0 saturated carbocycles. The minimum atomic E-state index is 0.688. The molecule has 0 bridgehead atoms. The standard InChI is InChI=1S/C22H19N2.2C21H18N3.C20H17N4/c1-16-9-3-4-10-17(16)22-19-12-6-5-11-18(19)20(15-24(22)2)21-13-7-8-14-23-21;1-15-8-3-4-9-16(15)20-18-11-6-5-10-17(18)19(14-24(20)2)21-22-12-7-13-23-21;1-15-7-3-4-8-16(15)21-18-10-6-5-9-17(18)19(14-24(21)2)20-13-22-11-12-23-20;1-14-7-3-4-8-15(14)19-17-10-6-5-9-16(17)18(11-24(19)2)20-22-12-21-13-23-20/h3-15H,1-2H3;2*3-14H,1-2H3;3-13H,1-2H3/q4*+1. The third-order valence-electron chi connectivity index (χ3n) is 17.5. The molecule has 0 aliphatic rings. The Balaban J connectivity index is 0.000000116. The quantitative estimate of drug-likeness (QED) is 0.138. The van der Waals surface area contributed by atoms with Crippen molar-refractivity contribution in [3.63, 3.8) is 0 Å². The molecule has 0 unspecified atom stereocenters. The highest BCUT2D eigenvalue weighted by Gasteiger charge is 2.26. The maximum Gasteiger partial charge on any atom is 0.220 e. The fourth-order valence-corrected chi connectivity index (χ4v) is 13.0. The molecule has 16 rings (SSSR count). The molecule has 16 aromatic rings. The molecule has 8 aromatic carbocycles. The SMILES string of the molecule is Cc1ccccc1-c1c2ccccc2c(-c2ccccn2)c[n+]1C.Cc1ccccc1-c1c2ccccc2c(-c2cnccn2)c[n+]1C.Cc1ccccc1-c1c2ccccc2c(-c2ncccn2)c[n+]1C.Cc1ccccc1-c1c2ccccc2c(-c2ncncn2)c[n+]1C. The predicted octanol–water partition coefficient (Wildman–Crippen LogP) is 16.4. The van der Waals surface area contributed by atoms with Crippen molar-refractivity contribution >= 4 is 43.1 Å². The van der Waals surface area contributed by atoms with Crippen LogP contribution in [0.25, 0.3) is 133 Å². The summed E-state index contributed by atoms with van der Waals surface area (Å²) >= 11 is 0. The van der Waals surface area contributed by atoms with Crippen molar-refractivity contribution in [3.05, 3.63) is 315 Å². The van der Waals surface area contributed by atoms with E-state index in [1.165, 1.54) is 118 Å². The summed E-state index contributed by atoms with van der Waals surface area (Å²) in [7, 11) is 8.36. The summed E-state index contributed by atoms with van der Waals surface area (Å²) in [6, 6.07) is 75.8. The molecule has 96 heavy (non-hydrogen) atoms. The summed E-state index contributed by atoms with van der Waals surface area (Å²) in [6.07, 6.45) is 22.3. The van der Waals surface area contributed by atoms with Gasteiger partial charge in [-0.1, -0.05) is 152 Å². The van der Waals surface area contributed by atoms with Gasteiger partial charge in [0, 0.05) is 74.8 Å². The lowest BCUT2D eigenvalue weighted by atomic mass is 9.96. The van der Waals surface area contributed by atoms with Crippen LogP contribution in [0.15, 0.2) is 293 Å². The van der Waals surface area contributed by atoms with E-state index in [0.717, 1.165) is 44.9 Å². The average Bonchev–Trinajstić information content (AvgIpc) is 0.801. The molecule has 8 aromatic heterocycles. The Morgan fingerprint density at radius 3 is 0.885 bits per heavy atom. The number of aromatic nitrogens is 12. The van der Waals surface area contributed by atoms with Crippen LogP contribution < -0.4 is 18.3 Å². The number of nitrogens with zero attached hydrogens (tertiary/aromatic N) is 12. The van der Waals surface area contributed by atoms with Crippen LogP contribution in [0.5, 0.6) is 0 Å². The van der Waals surface area contributed by atoms with Crippen LogP contribution in [0, 0.1) is 27.7 Å². The number of rotatable bonds is 8. The summed E-state index contributed by atoms with van der Waals surface area (Å²) in [4.78, 5) is 34.7. The van der Waals surface area contributed by atoms with E-state index in [0.29, 0.717) is 5.82 Å². The highest BCUT2D eigenvalue weighted by molar-refractivity contribution is 6.04. The lowest BCUT2D eigenvalue weighted by Crippen LogP contribution is -2.31. The molecular formula is C84H72N12+4. The normalized spacial score (nSPS) is 10.9. The number of benzene rings is 8. The number of aryl methyl sites for hydroxylation is 8.